The summed E-state index contributed by atoms with van der Waals surface area (Å²) in [7, 11) is 0. The van der Waals surface area contributed by atoms with Crippen molar-refractivity contribution in [3.8, 4) is 0 Å². The van der Waals surface area contributed by atoms with Gasteiger partial charge in [0.1, 0.15) is 0 Å². The molecule has 0 spiro atoms. The molecule has 0 saturated carbocycles. The van der Waals surface area contributed by atoms with Crippen LogP contribution in [0.3, 0.4) is 0 Å². The number of carboxylic acid groups (broad SMARTS) is 3. The Labute approximate surface area is 171 Å². The van der Waals surface area contributed by atoms with Crippen molar-refractivity contribution in [1.82, 2.24) is 5.32 Å². The van der Waals surface area contributed by atoms with E-state index in [-0.39, 0.29) is 68.6 Å². The average molecular weight is 332 g/mol. The van der Waals surface area contributed by atoms with Crippen molar-refractivity contribution in [2.24, 2.45) is 5.73 Å². The van der Waals surface area contributed by atoms with E-state index in [2.05, 4.69) is 5.32 Å². The largest absolute Gasteiger partial charge is 1.00 e. The van der Waals surface area contributed by atoms with Gasteiger partial charge < -0.3 is 34.3 Å². The topological polar surface area (TPSA) is 170 Å². The van der Waals surface area contributed by atoms with Crippen molar-refractivity contribution >= 4 is 17.9 Å². The molecule has 0 aromatic rings. The number of hydrogen-bond acceptors (Lipinski definition) is 6. The monoisotopic (exact) mass is 332 g/mol. The van der Waals surface area contributed by atoms with Crippen LogP contribution in [0.15, 0.2) is 0 Å². The summed E-state index contributed by atoms with van der Waals surface area (Å²) in [5, 5.41) is 33.3. The fourth-order valence-corrected chi connectivity index (χ4v) is 0.306. The van der Waals surface area contributed by atoms with E-state index in [1.54, 1.807) is 0 Å². The van der Waals surface area contributed by atoms with Gasteiger partial charge in [0.05, 0.1) is 6.61 Å². The van der Waals surface area contributed by atoms with Crippen LogP contribution in [0.5, 0.6) is 0 Å². The van der Waals surface area contributed by atoms with Gasteiger partial charge in [-0.2, -0.15) is 0 Å². The van der Waals surface area contributed by atoms with Gasteiger partial charge in [0.25, 0.3) is 17.9 Å². The summed E-state index contributed by atoms with van der Waals surface area (Å²) in [4.78, 5) is 27.0. The normalized spacial score (nSPS) is 6.71. The summed E-state index contributed by atoms with van der Waals surface area (Å²) in [5.41, 5.74) is 5.13. The predicted octanol–water partition coefficient (Wildman–Crippen LogP) is -6.97. The molecule has 11 heteroatoms. The predicted molar refractivity (Wildman–Crippen MR) is 71.2 cm³/mol. The second-order valence-electron chi connectivity index (χ2n) is 2.82. The molecule has 120 valence electrons. The van der Waals surface area contributed by atoms with Crippen molar-refractivity contribution < 1.29 is 96.8 Å². The molecule has 0 rings (SSSR count). The molecule has 0 aliphatic heterocycles. The standard InChI is InChI=1S/C4H12N2O.3C2H4O2.2Na.2H/c5-1-2-6-3-4-7;3*1-2(3)4;;;;/h6-7H,1-5H2;3*1H3,(H,3,4);;;;/q;;;;2*+1;2*-1. The number of nitrogens with one attached hydrogen (secondary N) is 1. The van der Waals surface area contributed by atoms with E-state index in [0.29, 0.717) is 13.1 Å². The Morgan fingerprint density at radius 2 is 1.14 bits per heavy atom. The van der Waals surface area contributed by atoms with Gasteiger partial charge in [-0.15, -0.1) is 0 Å². The fraction of sp³-hybridized carbons (Fsp3) is 0.700. The first-order valence-corrected chi connectivity index (χ1v) is 5.21. The smallest absolute Gasteiger partial charge is 1.00 e. The third kappa shape index (κ3) is 369. The summed E-state index contributed by atoms with van der Waals surface area (Å²) >= 11 is 0. The molecule has 0 saturated heterocycles. The summed E-state index contributed by atoms with van der Waals surface area (Å²) in [6.07, 6.45) is 0. The zero-order valence-corrected chi connectivity index (χ0v) is 17.4. The van der Waals surface area contributed by atoms with E-state index in [9.17, 15) is 0 Å². The Kier molecular flexibility index (Phi) is 66.0. The second-order valence-corrected chi connectivity index (χ2v) is 2.82. The quantitative estimate of drug-likeness (QED) is 0.216. The summed E-state index contributed by atoms with van der Waals surface area (Å²) in [6, 6.07) is 0. The third-order valence-electron chi connectivity index (χ3n) is 0.610. The van der Waals surface area contributed by atoms with Crippen molar-refractivity contribution in [3.05, 3.63) is 0 Å². The molecule has 0 aliphatic rings. The molecule has 7 N–H and O–H groups in total. The average Bonchev–Trinajstić information content (AvgIpc) is 2.15. The molecule has 21 heavy (non-hydrogen) atoms. The van der Waals surface area contributed by atoms with Crippen LogP contribution in [0.2, 0.25) is 0 Å². The molecule has 0 heterocycles. The number of aliphatic hydroxyl groups excluding tert-OH is 1. The Morgan fingerprint density at radius 3 is 1.29 bits per heavy atom. The third-order valence-corrected chi connectivity index (χ3v) is 0.610. The van der Waals surface area contributed by atoms with Gasteiger partial charge in [-0.25, -0.2) is 0 Å². The van der Waals surface area contributed by atoms with Gasteiger partial charge in [0.2, 0.25) is 0 Å². The Bertz CT molecular complexity index is 197. The molecule has 0 amide bonds. The summed E-state index contributed by atoms with van der Waals surface area (Å²) in [6.45, 7) is 5.53. The molecule has 9 nitrogen and oxygen atoms in total. The minimum absolute atomic E-state index is 0. The molecule has 0 fully saturated rings. The van der Waals surface area contributed by atoms with Crippen molar-refractivity contribution in [2.75, 3.05) is 26.2 Å². The minimum atomic E-state index is -0.833. The van der Waals surface area contributed by atoms with Crippen LogP contribution in [0.4, 0.5) is 0 Å². The van der Waals surface area contributed by atoms with Gasteiger partial charge >= 0.3 is 59.1 Å². The van der Waals surface area contributed by atoms with Crippen LogP contribution in [0.1, 0.15) is 23.6 Å². The van der Waals surface area contributed by atoms with E-state index < -0.39 is 17.9 Å². The summed E-state index contributed by atoms with van der Waals surface area (Å²) < 4.78 is 0. The van der Waals surface area contributed by atoms with Crippen LogP contribution in [-0.4, -0.2) is 64.6 Å². The van der Waals surface area contributed by atoms with Gasteiger partial charge in [-0.1, -0.05) is 0 Å². The maximum atomic E-state index is 9.00. The second kappa shape index (κ2) is 37.0. The fourth-order valence-electron chi connectivity index (χ4n) is 0.306. The Balaban J connectivity index is -0.0000000212. The number of aliphatic hydroxyl groups is 1. The van der Waals surface area contributed by atoms with Crippen LogP contribution in [0, 0.1) is 0 Å². The number of rotatable bonds is 4. The van der Waals surface area contributed by atoms with Gasteiger partial charge in [0.15, 0.2) is 0 Å². The molecule has 0 radical (unpaired) electrons. The van der Waals surface area contributed by atoms with Crippen molar-refractivity contribution in [3.63, 3.8) is 0 Å². The number of hydrogen-bond donors (Lipinski definition) is 6. The molecular weight excluding hydrogens is 306 g/mol. The molecule has 0 aromatic heterocycles. The Hall–Kier alpha value is 0.290. The zero-order valence-electron chi connectivity index (χ0n) is 15.4. The molecule has 0 bridgehead atoms. The molecule has 0 aliphatic carbocycles. The number of carbonyl (C=O) groups is 3. The van der Waals surface area contributed by atoms with E-state index in [1.165, 1.54) is 0 Å². The number of carboxylic acids is 3. The molecule has 0 unspecified atom stereocenters. The minimum Gasteiger partial charge on any atom is -1.00 e. The van der Waals surface area contributed by atoms with Gasteiger partial charge in [-0.05, 0) is 0 Å². The molecule has 0 atom stereocenters. The molecular formula is C10H26N2Na2O7. The maximum Gasteiger partial charge on any atom is 1.00 e. The van der Waals surface area contributed by atoms with Crippen LogP contribution in [0.25, 0.3) is 0 Å². The SMILES string of the molecule is CC(=O)O.CC(=O)O.CC(=O)O.NCCNCCO.[H-].[H-].[Na+].[Na+]. The first kappa shape index (κ1) is 37.5. The summed E-state index contributed by atoms with van der Waals surface area (Å²) in [5.74, 6) is -2.50. The van der Waals surface area contributed by atoms with Crippen LogP contribution >= 0.6 is 0 Å². The Morgan fingerprint density at radius 1 is 0.905 bits per heavy atom. The number of nitrogens with two attached hydrogens (primary N) is 1. The van der Waals surface area contributed by atoms with E-state index in [4.69, 9.17) is 40.5 Å². The van der Waals surface area contributed by atoms with E-state index in [0.717, 1.165) is 27.3 Å². The first-order chi connectivity index (χ1) is 8.61. The first-order valence-electron chi connectivity index (χ1n) is 5.21. The van der Waals surface area contributed by atoms with Crippen molar-refractivity contribution in [2.45, 2.75) is 20.8 Å². The van der Waals surface area contributed by atoms with Crippen LogP contribution in [-0.2, 0) is 14.4 Å². The van der Waals surface area contributed by atoms with Crippen molar-refractivity contribution in [1.29, 1.82) is 0 Å². The van der Waals surface area contributed by atoms with Crippen LogP contribution < -0.4 is 70.2 Å². The maximum absolute atomic E-state index is 9.00. The van der Waals surface area contributed by atoms with E-state index in [1.807, 2.05) is 0 Å². The van der Waals surface area contributed by atoms with E-state index >= 15 is 0 Å². The van der Waals surface area contributed by atoms with Gasteiger partial charge in [-0.3, -0.25) is 14.4 Å². The molecule has 0 aromatic carbocycles. The number of aliphatic carboxylic acids is 3. The van der Waals surface area contributed by atoms with Gasteiger partial charge in [0, 0.05) is 40.4 Å². The zero-order chi connectivity index (χ0) is 16.3.